The van der Waals surface area contributed by atoms with Crippen LogP contribution in [0.4, 0.5) is 5.82 Å². The number of aromatic nitrogens is 2. The van der Waals surface area contributed by atoms with Crippen LogP contribution < -0.4 is 10.1 Å². The van der Waals surface area contributed by atoms with Crippen LogP contribution >= 0.6 is 0 Å². The highest BCUT2D eigenvalue weighted by Crippen LogP contribution is 2.24. The molecule has 0 aliphatic heterocycles. The normalized spacial score (nSPS) is 10.6. The topological polar surface area (TPSA) is 47.0 Å². The van der Waals surface area contributed by atoms with Gasteiger partial charge >= 0.3 is 0 Å². The SMILES string of the molecule is CNc1cc(Oc2cccc(C)c2)nc(C(C)C)n1. The van der Waals surface area contributed by atoms with E-state index >= 15 is 0 Å². The Morgan fingerprint density at radius 2 is 1.95 bits per heavy atom. The largest absolute Gasteiger partial charge is 0.439 e. The summed E-state index contributed by atoms with van der Waals surface area (Å²) in [6, 6.07) is 9.70. The molecular weight excluding hydrogens is 238 g/mol. The molecule has 0 fully saturated rings. The minimum absolute atomic E-state index is 0.258. The molecule has 2 aromatic rings. The molecule has 100 valence electrons. The average Bonchev–Trinajstić information content (AvgIpc) is 2.38. The molecule has 0 saturated heterocycles. The van der Waals surface area contributed by atoms with Gasteiger partial charge in [0, 0.05) is 19.0 Å². The van der Waals surface area contributed by atoms with Crippen molar-refractivity contribution in [2.75, 3.05) is 12.4 Å². The molecule has 2 rings (SSSR count). The summed E-state index contributed by atoms with van der Waals surface area (Å²) >= 11 is 0. The standard InChI is InChI=1S/C15H19N3O/c1-10(2)15-17-13(16-4)9-14(18-15)19-12-7-5-6-11(3)8-12/h5-10H,1-4H3,(H,16,17,18). The smallest absolute Gasteiger partial charge is 0.224 e. The van der Waals surface area contributed by atoms with Crippen molar-refractivity contribution in [3.63, 3.8) is 0 Å². The fourth-order valence-corrected chi connectivity index (χ4v) is 1.68. The van der Waals surface area contributed by atoms with E-state index in [2.05, 4.69) is 29.1 Å². The van der Waals surface area contributed by atoms with Crippen molar-refractivity contribution in [1.82, 2.24) is 9.97 Å². The zero-order valence-electron chi connectivity index (χ0n) is 11.8. The summed E-state index contributed by atoms with van der Waals surface area (Å²) < 4.78 is 5.80. The average molecular weight is 257 g/mol. The summed E-state index contributed by atoms with van der Waals surface area (Å²) in [6.45, 7) is 6.15. The third-order valence-electron chi connectivity index (χ3n) is 2.70. The zero-order chi connectivity index (χ0) is 13.8. The van der Waals surface area contributed by atoms with Crippen molar-refractivity contribution in [3.05, 3.63) is 41.7 Å². The first-order chi connectivity index (χ1) is 9.08. The maximum absolute atomic E-state index is 5.80. The lowest BCUT2D eigenvalue weighted by molar-refractivity contribution is 0.457. The molecule has 4 heteroatoms. The molecule has 0 amide bonds. The molecule has 4 nitrogen and oxygen atoms in total. The van der Waals surface area contributed by atoms with E-state index in [1.165, 1.54) is 0 Å². The van der Waals surface area contributed by atoms with Crippen molar-refractivity contribution in [2.45, 2.75) is 26.7 Å². The predicted octanol–water partition coefficient (Wildman–Crippen LogP) is 3.74. The molecule has 1 heterocycles. The molecule has 0 unspecified atom stereocenters. The first-order valence-corrected chi connectivity index (χ1v) is 6.39. The monoisotopic (exact) mass is 257 g/mol. The van der Waals surface area contributed by atoms with E-state index in [-0.39, 0.29) is 5.92 Å². The highest BCUT2D eigenvalue weighted by Gasteiger charge is 2.09. The quantitative estimate of drug-likeness (QED) is 0.906. The third-order valence-corrected chi connectivity index (χ3v) is 2.70. The minimum atomic E-state index is 0.258. The number of aryl methyl sites for hydroxylation is 1. The highest BCUT2D eigenvalue weighted by molar-refractivity contribution is 5.40. The van der Waals surface area contributed by atoms with E-state index in [1.54, 1.807) is 6.07 Å². The highest BCUT2D eigenvalue weighted by atomic mass is 16.5. The van der Waals surface area contributed by atoms with Crippen molar-refractivity contribution in [2.24, 2.45) is 0 Å². The van der Waals surface area contributed by atoms with Crippen molar-refractivity contribution in [3.8, 4) is 11.6 Å². The molecular formula is C15H19N3O. The summed E-state index contributed by atoms with van der Waals surface area (Å²) in [5.41, 5.74) is 1.16. The first kappa shape index (κ1) is 13.3. The summed E-state index contributed by atoms with van der Waals surface area (Å²) in [7, 11) is 1.84. The Morgan fingerprint density at radius 1 is 1.16 bits per heavy atom. The Morgan fingerprint density at radius 3 is 2.58 bits per heavy atom. The Bertz CT molecular complexity index is 567. The van der Waals surface area contributed by atoms with Crippen LogP contribution in [0.25, 0.3) is 0 Å². The Balaban J connectivity index is 2.31. The molecule has 0 saturated carbocycles. The van der Waals surface area contributed by atoms with Crippen molar-refractivity contribution >= 4 is 5.82 Å². The number of nitrogens with zero attached hydrogens (tertiary/aromatic N) is 2. The molecule has 1 aromatic heterocycles. The van der Waals surface area contributed by atoms with Crippen LogP contribution in [0.15, 0.2) is 30.3 Å². The van der Waals surface area contributed by atoms with E-state index < -0.39 is 0 Å². The number of hydrogen-bond acceptors (Lipinski definition) is 4. The maximum Gasteiger partial charge on any atom is 0.224 e. The van der Waals surface area contributed by atoms with Gasteiger partial charge in [-0.2, -0.15) is 4.98 Å². The van der Waals surface area contributed by atoms with E-state index in [1.807, 2.05) is 38.2 Å². The number of rotatable bonds is 4. The van der Waals surface area contributed by atoms with Gasteiger partial charge in [-0.1, -0.05) is 26.0 Å². The molecule has 19 heavy (non-hydrogen) atoms. The molecule has 0 bridgehead atoms. The summed E-state index contributed by atoms with van der Waals surface area (Å²) in [5, 5.41) is 3.03. The molecule has 0 aliphatic rings. The summed E-state index contributed by atoms with van der Waals surface area (Å²) in [5.74, 6) is 3.15. The van der Waals surface area contributed by atoms with Crippen molar-refractivity contribution < 1.29 is 4.74 Å². The predicted molar refractivity (Wildman–Crippen MR) is 76.9 cm³/mol. The van der Waals surface area contributed by atoms with Gasteiger partial charge in [0.25, 0.3) is 0 Å². The number of ether oxygens (including phenoxy) is 1. The zero-order valence-corrected chi connectivity index (χ0v) is 11.8. The molecule has 0 atom stereocenters. The molecule has 0 radical (unpaired) electrons. The Hall–Kier alpha value is -2.10. The van der Waals surface area contributed by atoms with Crippen LogP contribution in [-0.2, 0) is 0 Å². The van der Waals surface area contributed by atoms with Gasteiger partial charge in [0.2, 0.25) is 5.88 Å². The summed E-state index contributed by atoms with van der Waals surface area (Å²) in [4.78, 5) is 8.84. The number of nitrogens with one attached hydrogen (secondary N) is 1. The Labute approximate surface area is 113 Å². The number of benzene rings is 1. The van der Waals surface area contributed by atoms with Gasteiger partial charge in [-0.05, 0) is 24.6 Å². The van der Waals surface area contributed by atoms with E-state index in [0.29, 0.717) is 5.88 Å². The van der Waals surface area contributed by atoms with Crippen LogP contribution in [0, 0.1) is 6.92 Å². The molecule has 1 aromatic carbocycles. The minimum Gasteiger partial charge on any atom is -0.439 e. The second-order valence-electron chi connectivity index (χ2n) is 4.77. The van der Waals surface area contributed by atoms with Gasteiger partial charge in [0.05, 0.1) is 0 Å². The lowest BCUT2D eigenvalue weighted by atomic mass is 10.2. The Kier molecular flexibility index (Phi) is 4.00. The maximum atomic E-state index is 5.80. The van der Waals surface area contributed by atoms with Gasteiger partial charge < -0.3 is 10.1 Å². The van der Waals surface area contributed by atoms with Crippen LogP contribution in [0.2, 0.25) is 0 Å². The van der Waals surface area contributed by atoms with E-state index in [4.69, 9.17) is 4.74 Å². The van der Waals surface area contributed by atoms with Crippen LogP contribution in [0.3, 0.4) is 0 Å². The van der Waals surface area contributed by atoms with Gasteiger partial charge in [-0.25, -0.2) is 4.98 Å². The van der Waals surface area contributed by atoms with Gasteiger partial charge in [0.15, 0.2) is 0 Å². The van der Waals surface area contributed by atoms with Crippen molar-refractivity contribution in [1.29, 1.82) is 0 Å². The lowest BCUT2D eigenvalue weighted by Gasteiger charge is -2.11. The lowest BCUT2D eigenvalue weighted by Crippen LogP contribution is -2.03. The fraction of sp³-hybridized carbons (Fsp3) is 0.333. The second-order valence-corrected chi connectivity index (χ2v) is 4.77. The molecule has 1 N–H and O–H groups in total. The van der Waals surface area contributed by atoms with Gasteiger partial charge in [-0.3, -0.25) is 0 Å². The van der Waals surface area contributed by atoms with E-state index in [0.717, 1.165) is 23.0 Å². The van der Waals surface area contributed by atoms with Crippen LogP contribution in [0.5, 0.6) is 11.6 Å². The van der Waals surface area contributed by atoms with Gasteiger partial charge in [0.1, 0.15) is 17.4 Å². The van der Waals surface area contributed by atoms with E-state index in [9.17, 15) is 0 Å². The summed E-state index contributed by atoms with van der Waals surface area (Å²) in [6.07, 6.45) is 0. The fourth-order valence-electron chi connectivity index (χ4n) is 1.68. The third kappa shape index (κ3) is 3.44. The first-order valence-electron chi connectivity index (χ1n) is 6.39. The van der Waals surface area contributed by atoms with Crippen LogP contribution in [0.1, 0.15) is 31.2 Å². The number of hydrogen-bond donors (Lipinski definition) is 1. The second kappa shape index (κ2) is 5.69. The molecule has 0 spiro atoms. The molecule has 0 aliphatic carbocycles. The van der Waals surface area contributed by atoms with Gasteiger partial charge in [-0.15, -0.1) is 0 Å². The number of anilines is 1. The van der Waals surface area contributed by atoms with Crippen LogP contribution in [-0.4, -0.2) is 17.0 Å².